The average molecular weight is 280 g/mol. The van der Waals surface area contributed by atoms with Crippen LogP contribution in [0.2, 0.25) is 0 Å². The first-order chi connectivity index (χ1) is 10.3. The van der Waals surface area contributed by atoms with E-state index in [9.17, 15) is 5.11 Å². The topological polar surface area (TPSA) is 20.2 Å². The first kappa shape index (κ1) is 14.3. The molecule has 1 aliphatic carbocycles. The van der Waals surface area contributed by atoms with E-state index < -0.39 is 0 Å². The van der Waals surface area contributed by atoms with Gasteiger partial charge in [0.15, 0.2) is 0 Å². The van der Waals surface area contributed by atoms with E-state index in [0.717, 1.165) is 38.5 Å². The highest BCUT2D eigenvalue weighted by molar-refractivity contribution is 5.21. The second-order valence-electron chi connectivity index (χ2n) is 6.56. The zero-order chi connectivity index (χ0) is 14.5. The van der Waals surface area contributed by atoms with Gasteiger partial charge in [0.25, 0.3) is 0 Å². The van der Waals surface area contributed by atoms with Crippen LogP contribution in [0, 0.1) is 5.41 Å². The van der Waals surface area contributed by atoms with E-state index in [0.29, 0.717) is 5.41 Å². The smallest absolute Gasteiger partial charge is 0.0540 e. The third-order valence-corrected chi connectivity index (χ3v) is 4.86. The third-order valence-electron chi connectivity index (χ3n) is 4.86. The number of aliphatic hydroxyl groups excluding tert-OH is 1. The van der Waals surface area contributed by atoms with Gasteiger partial charge in [0.05, 0.1) is 6.10 Å². The minimum atomic E-state index is -0.0929. The number of benzene rings is 2. The van der Waals surface area contributed by atoms with Gasteiger partial charge < -0.3 is 5.11 Å². The minimum Gasteiger partial charge on any atom is -0.393 e. The summed E-state index contributed by atoms with van der Waals surface area (Å²) >= 11 is 0. The Balaban J connectivity index is 1.81. The summed E-state index contributed by atoms with van der Waals surface area (Å²) in [6, 6.07) is 21.6. The molecule has 1 aliphatic rings. The predicted molar refractivity (Wildman–Crippen MR) is 87.2 cm³/mol. The van der Waals surface area contributed by atoms with E-state index in [1.807, 2.05) is 0 Å². The molecule has 21 heavy (non-hydrogen) atoms. The number of hydrogen-bond donors (Lipinski definition) is 1. The Morgan fingerprint density at radius 3 is 1.62 bits per heavy atom. The van der Waals surface area contributed by atoms with Crippen LogP contribution in [0.15, 0.2) is 60.7 Å². The lowest BCUT2D eigenvalue weighted by molar-refractivity contribution is 0.0621. The quantitative estimate of drug-likeness (QED) is 0.880. The van der Waals surface area contributed by atoms with E-state index in [-0.39, 0.29) is 6.10 Å². The van der Waals surface area contributed by atoms with Crippen LogP contribution in [-0.2, 0) is 12.8 Å². The van der Waals surface area contributed by atoms with Crippen molar-refractivity contribution in [2.45, 2.75) is 44.6 Å². The van der Waals surface area contributed by atoms with Crippen LogP contribution in [-0.4, -0.2) is 11.2 Å². The van der Waals surface area contributed by atoms with Gasteiger partial charge in [0, 0.05) is 0 Å². The molecule has 0 amide bonds. The van der Waals surface area contributed by atoms with Crippen molar-refractivity contribution in [2.75, 3.05) is 0 Å². The van der Waals surface area contributed by atoms with Crippen molar-refractivity contribution in [3.8, 4) is 0 Å². The van der Waals surface area contributed by atoms with Gasteiger partial charge >= 0.3 is 0 Å². The van der Waals surface area contributed by atoms with Crippen LogP contribution in [0.4, 0.5) is 0 Å². The van der Waals surface area contributed by atoms with Gasteiger partial charge in [0.1, 0.15) is 0 Å². The number of rotatable bonds is 4. The summed E-state index contributed by atoms with van der Waals surface area (Å²) in [4.78, 5) is 0. The fraction of sp³-hybridized carbons (Fsp3) is 0.400. The molecular formula is C20H24O. The standard InChI is InChI=1S/C20H24O/c21-19-11-13-20(14-12-19,15-17-7-3-1-4-8-17)16-18-9-5-2-6-10-18/h1-10,19,21H,11-16H2. The molecule has 0 aliphatic heterocycles. The largest absolute Gasteiger partial charge is 0.393 e. The Hall–Kier alpha value is -1.60. The van der Waals surface area contributed by atoms with Crippen LogP contribution in [0.5, 0.6) is 0 Å². The van der Waals surface area contributed by atoms with Crippen molar-refractivity contribution >= 4 is 0 Å². The molecule has 0 aromatic heterocycles. The zero-order valence-electron chi connectivity index (χ0n) is 12.5. The molecule has 1 fully saturated rings. The molecule has 0 atom stereocenters. The molecule has 2 aromatic carbocycles. The number of hydrogen-bond acceptors (Lipinski definition) is 1. The molecule has 1 saturated carbocycles. The van der Waals surface area contributed by atoms with Crippen molar-refractivity contribution in [2.24, 2.45) is 5.41 Å². The average Bonchev–Trinajstić information content (AvgIpc) is 2.52. The third kappa shape index (κ3) is 3.74. The van der Waals surface area contributed by atoms with Gasteiger partial charge in [0.2, 0.25) is 0 Å². The zero-order valence-corrected chi connectivity index (χ0v) is 12.5. The Labute approximate surface area is 127 Å². The Bertz CT molecular complexity index is 495. The Kier molecular flexibility index (Phi) is 4.40. The lowest BCUT2D eigenvalue weighted by atomic mass is 9.66. The maximum atomic E-state index is 9.87. The second kappa shape index (κ2) is 6.44. The Morgan fingerprint density at radius 2 is 1.19 bits per heavy atom. The molecule has 0 bridgehead atoms. The maximum absolute atomic E-state index is 9.87. The molecule has 1 heteroatoms. The van der Waals surface area contributed by atoms with E-state index in [1.54, 1.807) is 0 Å². The van der Waals surface area contributed by atoms with Crippen molar-refractivity contribution in [3.05, 3.63) is 71.8 Å². The Morgan fingerprint density at radius 1 is 0.762 bits per heavy atom. The van der Waals surface area contributed by atoms with E-state index in [4.69, 9.17) is 0 Å². The molecule has 1 nitrogen and oxygen atoms in total. The molecule has 2 aromatic rings. The summed E-state index contributed by atoms with van der Waals surface area (Å²) in [5.41, 5.74) is 3.15. The summed E-state index contributed by atoms with van der Waals surface area (Å²) in [5, 5.41) is 9.87. The fourth-order valence-electron chi connectivity index (χ4n) is 3.69. The highest BCUT2D eigenvalue weighted by Crippen LogP contribution is 2.42. The summed E-state index contributed by atoms with van der Waals surface area (Å²) in [6.07, 6.45) is 6.28. The lowest BCUT2D eigenvalue weighted by Gasteiger charge is -2.39. The molecule has 1 N–H and O–H groups in total. The molecule has 0 unspecified atom stereocenters. The first-order valence-electron chi connectivity index (χ1n) is 8.02. The van der Waals surface area contributed by atoms with Crippen LogP contribution in [0.25, 0.3) is 0 Å². The molecule has 3 rings (SSSR count). The van der Waals surface area contributed by atoms with Crippen LogP contribution in [0.1, 0.15) is 36.8 Å². The molecule has 0 heterocycles. The van der Waals surface area contributed by atoms with Gasteiger partial charge in [-0.3, -0.25) is 0 Å². The van der Waals surface area contributed by atoms with Gasteiger partial charge in [-0.25, -0.2) is 0 Å². The van der Waals surface area contributed by atoms with Crippen LogP contribution in [0.3, 0.4) is 0 Å². The molecule has 0 radical (unpaired) electrons. The highest BCUT2D eigenvalue weighted by atomic mass is 16.3. The van der Waals surface area contributed by atoms with Crippen LogP contribution < -0.4 is 0 Å². The SMILES string of the molecule is OC1CCC(Cc2ccccc2)(Cc2ccccc2)CC1. The summed E-state index contributed by atoms with van der Waals surface area (Å²) in [6.45, 7) is 0. The van der Waals surface area contributed by atoms with Crippen molar-refractivity contribution in [1.29, 1.82) is 0 Å². The van der Waals surface area contributed by atoms with E-state index >= 15 is 0 Å². The summed E-state index contributed by atoms with van der Waals surface area (Å²) in [7, 11) is 0. The van der Waals surface area contributed by atoms with Gasteiger partial charge in [-0.2, -0.15) is 0 Å². The predicted octanol–water partition coefficient (Wildman–Crippen LogP) is 4.39. The van der Waals surface area contributed by atoms with Crippen molar-refractivity contribution in [3.63, 3.8) is 0 Å². The summed E-state index contributed by atoms with van der Waals surface area (Å²) in [5.74, 6) is 0. The van der Waals surface area contributed by atoms with E-state index in [2.05, 4.69) is 60.7 Å². The highest BCUT2D eigenvalue weighted by Gasteiger charge is 2.34. The molecule has 110 valence electrons. The lowest BCUT2D eigenvalue weighted by Crippen LogP contribution is -2.33. The van der Waals surface area contributed by atoms with Crippen molar-refractivity contribution < 1.29 is 5.11 Å². The maximum Gasteiger partial charge on any atom is 0.0540 e. The normalized spacial score (nSPS) is 18.5. The second-order valence-corrected chi connectivity index (χ2v) is 6.56. The summed E-state index contributed by atoms with van der Waals surface area (Å²) < 4.78 is 0. The monoisotopic (exact) mass is 280 g/mol. The van der Waals surface area contributed by atoms with Gasteiger partial charge in [-0.1, -0.05) is 60.7 Å². The molecule has 0 saturated heterocycles. The first-order valence-corrected chi connectivity index (χ1v) is 8.02. The van der Waals surface area contributed by atoms with Gasteiger partial charge in [-0.05, 0) is 55.1 Å². The number of aliphatic hydroxyl groups is 1. The van der Waals surface area contributed by atoms with Crippen molar-refractivity contribution in [1.82, 2.24) is 0 Å². The van der Waals surface area contributed by atoms with E-state index in [1.165, 1.54) is 11.1 Å². The molecular weight excluding hydrogens is 256 g/mol. The molecule has 0 spiro atoms. The van der Waals surface area contributed by atoms with Gasteiger partial charge in [-0.15, -0.1) is 0 Å². The minimum absolute atomic E-state index is 0.0929. The fourth-order valence-corrected chi connectivity index (χ4v) is 3.69. The van der Waals surface area contributed by atoms with Crippen LogP contribution >= 0.6 is 0 Å².